The summed E-state index contributed by atoms with van der Waals surface area (Å²) >= 11 is 0. The molecule has 0 fully saturated rings. The van der Waals surface area contributed by atoms with Crippen LogP contribution in [0.3, 0.4) is 0 Å². The molecule has 1 aromatic carbocycles. The van der Waals surface area contributed by atoms with Crippen molar-refractivity contribution in [1.29, 1.82) is 5.26 Å². The summed E-state index contributed by atoms with van der Waals surface area (Å²) in [4.78, 5) is 12.1. The minimum Gasteiger partial charge on any atom is -0.478 e. The van der Waals surface area contributed by atoms with E-state index in [4.69, 9.17) is 10.4 Å². The number of anilines is 1. The lowest BCUT2D eigenvalue weighted by Gasteiger charge is -2.22. The average molecular weight is 262 g/mol. The Hall–Kier alpha value is -2.35. The molecule has 0 aliphatic heterocycles. The van der Waals surface area contributed by atoms with E-state index in [0.717, 1.165) is 6.08 Å². The maximum Gasteiger partial charge on any atom is 0.328 e. The number of carboxylic acids is 1. The number of rotatable bonds is 6. The van der Waals surface area contributed by atoms with Crippen LogP contribution < -0.4 is 4.90 Å². The summed E-state index contributed by atoms with van der Waals surface area (Å²) < 4.78 is 13.9. The molecule has 0 spiro atoms. The maximum atomic E-state index is 13.9. The van der Waals surface area contributed by atoms with Gasteiger partial charge >= 0.3 is 5.97 Å². The summed E-state index contributed by atoms with van der Waals surface area (Å²) in [6.45, 7) is 2.95. The molecule has 19 heavy (non-hydrogen) atoms. The maximum absolute atomic E-state index is 13.9. The van der Waals surface area contributed by atoms with Crippen LogP contribution in [0.2, 0.25) is 0 Å². The molecule has 0 saturated carbocycles. The molecule has 4 nitrogen and oxygen atoms in total. The van der Waals surface area contributed by atoms with E-state index in [1.807, 2.05) is 13.0 Å². The topological polar surface area (TPSA) is 64.3 Å². The molecule has 0 radical (unpaired) electrons. The van der Waals surface area contributed by atoms with Gasteiger partial charge in [-0.05, 0) is 30.7 Å². The number of nitriles is 1. The van der Waals surface area contributed by atoms with Gasteiger partial charge in [-0.3, -0.25) is 0 Å². The molecule has 0 saturated heterocycles. The Morgan fingerprint density at radius 2 is 2.32 bits per heavy atom. The predicted octanol–water partition coefficient (Wildman–Crippen LogP) is 2.66. The first-order chi connectivity index (χ1) is 9.08. The number of nitrogens with zero attached hydrogens (tertiary/aromatic N) is 2. The van der Waals surface area contributed by atoms with Gasteiger partial charge in [0, 0.05) is 19.2 Å². The first-order valence-electron chi connectivity index (χ1n) is 5.91. The second-order valence-electron chi connectivity index (χ2n) is 3.87. The van der Waals surface area contributed by atoms with Crippen LogP contribution in [0, 0.1) is 17.1 Å². The van der Waals surface area contributed by atoms with Crippen molar-refractivity contribution in [2.45, 2.75) is 13.3 Å². The zero-order valence-electron chi connectivity index (χ0n) is 10.6. The zero-order valence-corrected chi connectivity index (χ0v) is 10.6. The molecule has 0 aliphatic rings. The molecule has 0 amide bonds. The highest BCUT2D eigenvalue weighted by molar-refractivity contribution is 5.85. The van der Waals surface area contributed by atoms with E-state index in [1.165, 1.54) is 12.1 Å². The number of hydrogen-bond donors (Lipinski definition) is 1. The van der Waals surface area contributed by atoms with Crippen LogP contribution in [0.25, 0.3) is 6.08 Å². The Morgan fingerprint density at radius 1 is 1.58 bits per heavy atom. The Labute approximate surface area is 111 Å². The summed E-state index contributed by atoms with van der Waals surface area (Å²) in [7, 11) is 0. The second-order valence-corrected chi connectivity index (χ2v) is 3.87. The highest BCUT2D eigenvalue weighted by atomic mass is 19.1. The summed E-state index contributed by atoms with van der Waals surface area (Å²) in [6.07, 6.45) is 2.62. The van der Waals surface area contributed by atoms with E-state index < -0.39 is 11.8 Å². The monoisotopic (exact) mass is 262 g/mol. The fourth-order valence-electron chi connectivity index (χ4n) is 1.68. The summed E-state index contributed by atoms with van der Waals surface area (Å²) in [6, 6.07) is 6.55. The van der Waals surface area contributed by atoms with E-state index in [0.29, 0.717) is 30.8 Å². The van der Waals surface area contributed by atoms with Crippen LogP contribution >= 0.6 is 0 Å². The van der Waals surface area contributed by atoms with Crippen LogP contribution in [0.1, 0.15) is 18.9 Å². The van der Waals surface area contributed by atoms with Crippen molar-refractivity contribution in [3.05, 3.63) is 35.7 Å². The van der Waals surface area contributed by atoms with Crippen molar-refractivity contribution >= 4 is 17.7 Å². The van der Waals surface area contributed by atoms with Crippen LogP contribution in [0.4, 0.5) is 10.1 Å². The first-order valence-corrected chi connectivity index (χ1v) is 5.91. The van der Waals surface area contributed by atoms with Crippen molar-refractivity contribution in [2.75, 3.05) is 18.0 Å². The number of hydrogen-bond acceptors (Lipinski definition) is 3. The summed E-state index contributed by atoms with van der Waals surface area (Å²) in [5, 5.41) is 17.1. The van der Waals surface area contributed by atoms with Gasteiger partial charge in [-0.15, -0.1) is 0 Å². The number of carboxylic acid groups (broad SMARTS) is 1. The lowest BCUT2D eigenvalue weighted by atomic mass is 10.1. The van der Waals surface area contributed by atoms with Gasteiger partial charge in [-0.1, -0.05) is 6.07 Å². The number of halogens is 1. The van der Waals surface area contributed by atoms with Gasteiger partial charge in [0.15, 0.2) is 0 Å². The predicted molar refractivity (Wildman–Crippen MR) is 71.2 cm³/mol. The Kier molecular flexibility index (Phi) is 5.55. The summed E-state index contributed by atoms with van der Waals surface area (Å²) in [5.41, 5.74) is 0.908. The molecule has 100 valence electrons. The van der Waals surface area contributed by atoms with Gasteiger partial charge in [-0.25, -0.2) is 9.18 Å². The van der Waals surface area contributed by atoms with Crippen molar-refractivity contribution in [3.63, 3.8) is 0 Å². The quantitative estimate of drug-likeness (QED) is 0.800. The molecular weight excluding hydrogens is 247 g/mol. The van der Waals surface area contributed by atoms with E-state index in [1.54, 1.807) is 17.0 Å². The van der Waals surface area contributed by atoms with E-state index in [9.17, 15) is 9.18 Å². The van der Waals surface area contributed by atoms with Crippen molar-refractivity contribution < 1.29 is 14.3 Å². The normalized spacial score (nSPS) is 10.4. The largest absolute Gasteiger partial charge is 0.478 e. The lowest BCUT2D eigenvalue weighted by molar-refractivity contribution is -0.131. The standard InChI is InChI=1S/C14H15FN2O2/c1-2-17(9-3-8-16)13-6-4-11(10-12(13)15)5-7-14(18)19/h4-7,10H,2-3,9H2,1H3,(H,18,19)/b7-5+. The van der Waals surface area contributed by atoms with Gasteiger partial charge in [-0.2, -0.15) is 5.26 Å². The molecule has 0 unspecified atom stereocenters. The highest BCUT2D eigenvalue weighted by Crippen LogP contribution is 2.21. The molecule has 0 bridgehead atoms. The van der Waals surface area contributed by atoms with Gasteiger partial charge < -0.3 is 10.0 Å². The fourth-order valence-corrected chi connectivity index (χ4v) is 1.68. The van der Waals surface area contributed by atoms with E-state index in [-0.39, 0.29) is 0 Å². The van der Waals surface area contributed by atoms with E-state index in [2.05, 4.69) is 0 Å². The number of benzene rings is 1. The van der Waals surface area contributed by atoms with Crippen molar-refractivity contribution in [2.24, 2.45) is 0 Å². The Balaban J connectivity index is 2.92. The van der Waals surface area contributed by atoms with Crippen molar-refractivity contribution in [1.82, 2.24) is 0 Å². The molecule has 0 aromatic heterocycles. The molecular formula is C14H15FN2O2. The fraction of sp³-hybridized carbons (Fsp3) is 0.286. The molecule has 1 aromatic rings. The third kappa shape index (κ3) is 4.43. The number of carbonyl (C=O) groups is 1. The average Bonchev–Trinajstić information content (AvgIpc) is 2.39. The van der Waals surface area contributed by atoms with Gasteiger partial charge in [0.25, 0.3) is 0 Å². The van der Waals surface area contributed by atoms with Crippen LogP contribution in [0.5, 0.6) is 0 Å². The molecule has 1 N–H and O–H groups in total. The van der Waals surface area contributed by atoms with Gasteiger partial charge in [0.2, 0.25) is 0 Å². The lowest BCUT2D eigenvalue weighted by Crippen LogP contribution is -2.24. The van der Waals surface area contributed by atoms with Crippen molar-refractivity contribution in [3.8, 4) is 6.07 Å². The Bertz CT molecular complexity index is 521. The van der Waals surface area contributed by atoms with Crippen LogP contribution in [-0.2, 0) is 4.79 Å². The SMILES string of the molecule is CCN(CCC#N)c1ccc(/C=C/C(=O)O)cc1F. The molecule has 5 heteroatoms. The highest BCUT2D eigenvalue weighted by Gasteiger charge is 2.09. The van der Waals surface area contributed by atoms with Gasteiger partial charge in [0.05, 0.1) is 18.2 Å². The minimum atomic E-state index is -1.08. The van der Waals surface area contributed by atoms with Crippen LogP contribution in [0.15, 0.2) is 24.3 Å². The minimum absolute atomic E-state index is 0.327. The molecule has 1 rings (SSSR count). The van der Waals surface area contributed by atoms with Gasteiger partial charge in [0.1, 0.15) is 5.82 Å². The second kappa shape index (κ2) is 7.17. The third-order valence-corrected chi connectivity index (χ3v) is 2.61. The van der Waals surface area contributed by atoms with Crippen LogP contribution in [-0.4, -0.2) is 24.2 Å². The molecule has 0 aliphatic carbocycles. The smallest absolute Gasteiger partial charge is 0.328 e. The molecule has 0 heterocycles. The Morgan fingerprint density at radius 3 is 2.84 bits per heavy atom. The third-order valence-electron chi connectivity index (χ3n) is 2.61. The first kappa shape index (κ1) is 14.7. The zero-order chi connectivity index (χ0) is 14.3. The summed E-state index contributed by atoms with van der Waals surface area (Å²) in [5.74, 6) is -1.50. The van der Waals surface area contributed by atoms with E-state index >= 15 is 0 Å². The number of aliphatic carboxylic acids is 1. The molecule has 0 atom stereocenters.